The summed E-state index contributed by atoms with van der Waals surface area (Å²) < 4.78 is 42.2. The van der Waals surface area contributed by atoms with Gasteiger partial charge in [0.2, 0.25) is 0 Å². The average Bonchev–Trinajstić information content (AvgIpc) is 2.65. The van der Waals surface area contributed by atoms with Gasteiger partial charge in [-0.15, -0.1) is 0 Å². The van der Waals surface area contributed by atoms with E-state index >= 15 is 0 Å². The van der Waals surface area contributed by atoms with E-state index in [-0.39, 0.29) is 12.4 Å². The van der Waals surface area contributed by atoms with Crippen LogP contribution < -0.4 is 0 Å². The minimum Gasteiger partial charge on any atom is -0.460 e. The van der Waals surface area contributed by atoms with Crippen LogP contribution in [0.25, 0.3) is 0 Å². The van der Waals surface area contributed by atoms with Crippen molar-refractivity contribution >= 4 is 5.97 Å². The molecule has 0 saturated heterocycles. The van der Waals surface area contributed by atoms with Crippen molar-refractivity contribution < 1.29 is 42.7 Å². The number of hydrogen-bond acceptors (Lipinski definition) is 9. The van der Waals surface area contributed by atoms with Crippen LogP contribution in [0.15, 0.2) is 0 Å². The van der Waals surface area contributed by atoms with E-state index in [9.17, 15) is 4.79 Å². The van der Waals surface area contributed by atoms with Crippen LogP contribution in [0.4, 0.5) is 0 Å². The topological polar surface area (TPSA) is 90.9 Å². The third-order valence-electron chi connectivity index (χ3n) is 3.16. The predicted molar refractivity (Wildman–Crippen MR) is 107 cm³/mol. The molecule has 0 saturated carbocycles. The third kappa shape index (κ3) is 25.2. The molecule has 174 valence electrons. The summed E-state index contributed by atoms with van der Waals surface area (Å²) in [5.41, 5.74) is -0.460. The molecule has 0 radical (unpaired) electrons. The summed E-state index contributed by atoms with van der Waals surface area (Å²) in [4.78, 5) is 11.5. The molecule has 0 spiro atoms. The van der Waals surface area contributed by atoms with Gasteiger partial charge in [0.05, 0.1) is 92.3 Å². The number of hydrogen-bond donors (Lipinski definition) is 0. The summed E-state index contributed by atoms with van der Waals surface area (Å²) >= 11 is 0. The van der Waals surface area contributed by atoms with Crippen molar-refractivity contribution in [2.24, 2.45) is 0 Å². The lowest BCUT2D eigenvalue weighted by Gasteiger charge is -2.19. The molecule has 0 aliphatic heterocycles. The summed E-state index contributed by atoms with van der Waals surface area (Å²) in [5.74, 6) is -0.257. The summed E-state index contributed by atoms with van der Waals surface area (Å²) in [6, 6.07) is 0. The van der Waals surface area contributed by atoms with Crippen LogP contribution in [-0.4, -0.2) is 105 Å². The van der Waals surface area contributed by atoms with Gasteiger partial charge < -0.3 is 37.9 Å². The van der Waals surface area contributed by atoms with Crippen molar-refractivity contribution in [2.75, 3.05) is 93.0 Å². The Hall–Kier alpha value is -0.810. The van der Waals surface area contributed by atoms with Crippen molar-refractivity contribution in [3.05, 3.63) is 0 Å². The third-order valence-corrected chi connectivity index (χ3v) is 3.16. The highest BCUT2D eigenvalue weighted by Crippen LogP contribution is 2.07. The number of ether oxygens (including phenoxy) is 8. The number of methoxy groups -OCH3 is 1. The van der Waals surface area contributed by atoms with Crippen LogP contribution in [0.2, 0.25) is 0 Å². The first-order chi connectivity index (χ1) is 14.0. The number of carbonyl (C=O) groups excluding carboxylic acids is 1. The lowest BCUT2D eigenvalue weighted by Crippen LogP contribution is -2.24. The Morgan fingerprint density at radius 1 is 0.552 bits per heavy atom. The molecule has 0 atom stereocenters. The maximum Gasteiger partial charge on any atom is 0.308 e. The Morgan fingerprint density at radius 2 is 0.862 bits per heavy atom. The maximum absolute atomic E-state index is 11.5. The van der Waals surface area contributed by atoms with Gasteiger partial charge in [0.1, 0.15) is 5.60 Å². The van der Waals surface area contributed by atoms with Gasteiger partial charge in [-0.3, -0.25) is 4.79 Å². The summed E-state index contributed by atoms with van der Waals surface area (Å²) in [7, 11) is 1.64. The molecule has 9 heteroatoms. The molecular weight excluding hydrogens is 384 g/mol. The quantitative estimate of drug-likeness (QED) is 0.201. The van der Waals surface area contributed by atoms with Crippen molar-refractivity contribution in [3.63, 3.8) is 0 Å². The molecule has 0 fully saturated rings. The van der Waals surface area contributed by atoms with Crippen LogP contribution in [0.5, 0.6) is 0 Å². The molecule has 9 nitrogen and oxygen atoms in total. The van der Waals surface area contributed by atoms with Gasteiger partial charge in [-0.1, -0.05) is 0 Å². The fraction of sp³-hybridized carbons (Fsp3) is 0.950. The summed E-state index contributed by atoms with van der Waals surface area (Å²) in [6.45, 7) is 12.1. The molecule has 0 N–H and O–H groups in total. The predicted octanol–water partition coefficient (Wildman–Crippen LogP) is 1.46. The molecule has 0 rings (SSSR count). The fourth-order valence-electron chi connectivity index (χ4n) is 1.89. The first kappa shape index (κ1) is 28.2. The standard InChI is InChI=1S/C20H40O9/c1-20(2,3)29-19(21)5-6-23-9-10-25-13-14-27-17-18-28-16-15-26-12-11-24-8-7-22-4/h5-18H2,1-4H3. The first-order valence-electron chi connectivity index (χ1n) is 10.1. The minimum atomic E-state index is -0.460. The van der Waals surface area contributed by atoms with E-state index in [4.69, 9.17) is 37.9 Å². The molecule has 29 heavy (non-hydrogen) atoms. The lowest BCUT2D eigenvalue weighted by atomic mass is 10.2. The Kier molecular flexibility index (Phi) is 19.9. The van der Waals surface area contributed by atoms with Gasteiger partial charge >= 0.3 is 5.97 Å². The fourth-order valence-corrected chi connectivity index (χ4v) is 1.89. The molecule has 0 amide bonds. The number of esters is 1. The highest BCUT2D eigenvalue weighted by atomic mass is 16.6. The van der Waals surface area contributed by atoms with Gasteiger partial charge in [-0.05, 0) is 20.8 Å². The largest absolute Gasteiger partial charge is 0.460 e. The van der Waals surface area contributed by atoms with Crippen LogP contribution in [0, 0.1) is 0 Å². The molecule has 0 unspecified atom stereocenters. The monoisotopic (exact) mass is 424 g/mol. The normalized spacial score (nSPS) is 11.7. The SMILES string of the molecule is COCCOCCOCCOCCOCCOCCOCCC(=O)OC(C)(C)C. The van der Waals surface area contributed by atoms with E-state index in [0.717, 1.165) is 0 Å². The van der Waals surface area contributed by atoms with Gasteiger partial charge in [-0.25, -0.2) is 0 Å². The molecule has 0 aromatic carbocycles. The Labute approximate surface area is 175 Å². The van der Waals surface area contributed by atoms with E-state index in [1.807, 2.05) is 20.8 Å². The number of carbonyl (C=O) groups is 1. The van der Waals surface area contributed by atoms with E-state index in [1.54, 1.807) is 7.11 Å². The first-order valence-corrected chi connectivity index (χ1v) is 10.1. The van der Waals surface area contributed by atoms with Gasteiger partial charge in [0.25, 0.3) is 0 Å². The zero-order valence-corrected chi connectivity index (χ0v) is 18.6. The number of rotatable bonds is 21. The Morgan fingerprint density at radius 3 is 1.17 bits per heavy atom. The smallest absolute Gasteiger partial charge is 0.308 e. The highest BCUT2D eigenvalue weighted by Gasteiger charge is 2.15. The molecule has 0 bridgehead atoms. The molecular formula is C20H40O9. The van der Waals surface area contributed by atoms with Gasteiger partial charge in [0.15, 0.2) is 0 Å². The second kappa shape index (κ2) is 20.5. The lowest BCUT2D eigenvalue weighted by molar-refractivity contribution is -0.156. The maximum atomic E-state index is 11.5. The zero-order chi connectivity index (χ0) is 21.6. The Bertz CT molecular complexity index is 358. The van der Waals surface area contributed by atoms with Crippen LogP contribution in [0.1, 0.15) is 27.2 Å². The summed E-state index contributed by atoms with van der Waals surface area (Å²) in [5, 5.41) is 0. The van der Waals surface area contributed by atoms with Crippen LogP contribution in [-0.2, 0) is 42.7 Å². The highest BCUT2D eigenvalue weighted by molar-refractivity contribution is 5.69. The van der Waals surface area contributed by atoms with E-state index < -0.39 is 5.60 Å². The van der Waals surface area contributed by atoms with Gasteiger partial charge in [0, 0.05) is 7.11 Å². The van der Waals surface area contributed by atoms with E-state index in [1.165, 1.54) is 0 Å². The molecule has 0 aliphatic rings. The van der Waals surface area contributed by atoms with E-state index in [2.05, 4.69) is 0 Å². The molecule has 0 heterocycles. The summed E-state index contributed by atoms with van der Waals surface area (Å²) in [6.07, 6.45) is 0.244. The van der Waals surface area contributed by atoms with Crippen molar-refractivity contribution in [2.45, 2.75) is 32.8 Å². The van der Waals surface area contributed by atoms with Crippen LogP contribution >= 0.6 is 0 Å². The van der Waals surface area contributed by atoms with Crippen molar-refractivity contribution in [1.29, 1.82) is 0 Å². The second-order valence-electron chi connectivity index (χ2n) is 7.00. The van der Waals surface area contributed by atoms with E-state index in [0.29, 0.717) is 85.9 Å². The molecule has 0 aromatic heterocycles. The minimum absolute atomic E-state index is 0.244. The molecule has 0 aromatic rings. The van der Waals surface area contributed by atoms with Crippen LogP contribution in [0.3, 0.4) is 0 Å². The van der Waals surface area contributed by atoms with Crippen molar-refractivity contribution in [1.82, 2.24) is 0 Å². The average molecular weight is 425 g/mol. The van der Waals surface area contributed by atoms with Crippen molar-refractivity contribution in [3.8, 4) is 0 Å². The second-order valence-corrected chi connectivity index (χ2v) is 7.00. The van der Waals surface area contributed by atoms with Gasteiger partial charge in [-0.2, -0.15) is 0 Å². The zero-order valence-electron chi connectivity index (χ0n) is 18.6. The Balaban J connectivity index is 3.11. The molecule has 0 aliphatic carbocycles.